The first-order valence-corrected chi connectivity index (χ1v) is 18.2. The number of likely N-dealkylation sites (tertiary alicyclic amines) is 1. The zero-order valence-corrected chi connectivity index (χ0v) is 31.0. The summed E-state index contributed by atoms with van der Waals surface area (Å²) < 4.78 is 20.4. The number of methoxy groups -OCH3 is 2. The highest BCUT2D eigenvalue weighted by Gasteiger charge is 2.38. The van der Waals surface area contributed by atoms with E-state index in [4.69, 9.17) is 19.0 Å². The van der Waals surface area contributed by atoms with Gasteiger partial charge in [0.2, 0.25) is 0 Å². The normalized spacial score (nSPS) is 17.1. The number of oxime groups is 1. The lowest BCUT2D eigenvalue weighted by Crippen LogP contribution is -2.43. The van der Waals surface area contributed by atoms with Crippen molar-refractivity contribution >= 4 is 24.2 Å². The Morgan fingerprint density at radius 3 is 2.09 bits per heavy atom. The molecule has 54 heavy (non-hydrogen) atoms. The molecule has 3 aromatic carbocycles. The lowest BCUT2D eigenvalue weighted by molar-refractivity contribution is -0.384. The van der Waals surface area contributed by atoms with Crippen LogP contribution in [-0.4, -0.2) is 68.8 Å². The predicted molar refractivity (Wildman–Crippen MR) is 203 cm³/mol. The Balaban J connectivity index is 1.11. The summed E-state index contributed by atoms with van der Waals surface area (Å²) in [7, 11) is 2.30. The van der Waals surface area contributed by atoms with Crippen molar-refractivity contribution in [1.29, 1.82) is 0 Å². The van der Waals surface area contributed by atoms with Crippen molar-refractivity contribution in [2.75, 3.05) is 40.5 Å². The molecule has 0 aromatic heterocycles. The molecular weight excluding hydrogens is 692 g/mol. The first kappa shape index (κ1) is 39.5. The molecule has 13 heteroatoms. The first-order chi connectivity index (χ1) is 26.3. The highest BCUT2D eigenvalue weighted by Crippen LogP contribution is 2.42. The van der Waals surface area contributed by atoms with Crippen molar-refractivity contribution < 1.29 is 38.3 Å². The van der Waals surface area contributed by atoms with E-state index < -0.39 is 23.2 Å². The maximum atomic E-state index is 12.4. The number of carbonyl (C=O) groups is 2. The van der Waals surface area contributed by atoms with Gasteiger partial charge >= 0.3 is 12.3 Å². The zero-order valence-electron chi connectivity index (χ0n) is 31.0. The average molecular weight is 741 g/mol. The molecule has 0 spiro atoms. The second kappa shape index (κ2) is 19.4. The summed E-state index contributed by atoms with van der Waals surface area (Å²) in [6.07, 6.45) is 5.89. The largest absolute Gasteiger partial charge is 0.513 e. The zero-order chi connectivity index (χ0) is 38.3. The molecule has 1 unspecified atom stereocenters. The number of carbonyl (C=O) groups excluding carboxylic acids is 2. The number of nitrogens with zero attached hydrogens (tertiary/aromatic N) is 3. The SMILES string of the molecule is COC(=O)OC1=C(C)NC(CC=NOCCCCCCN2CCC(c3ccccc3)(c3ccccc3)CC2)=C(OC(=O)OC)C1c1cccc([N+](=O)[O-])c1. The number of nitro benzene ring substituents is 1. The lowest BCUT2D eigenvalue weighted by atomic mass is 9.68. The summed E-state index contributed by atoms with van der Waals surface area (Å²) in [5.41, 5.74) is 3.78. The first-order valence-electron chi connectivity index (χ1n) is 18.2. The van der Waals surface area contributed by atoms with Crippen LogP contribution in [0.4, 0.5) is 15.3 Å². The summed E-state index contributed by atoms with van der Waals surface area (Å²) in [6.45, 7) is 5.31. The summed E-state index contributed by atoms with van der Waals surface area (Å²) in [6, 6.07) is 27.6. The topological polar surface area (TPSA) is 151 Å². The molecule has 1 N–H and O–H groups in total. The molecule has 0 bridgehead atoms. The van der Waals surface area contributed by atoms with Crippen LogP contribution in [0, 0.1) is 10.1 Å². The molecule has 0 radical (unpaired) electrons. The summed E-state index contributed by atoms with van der Waals surface area (Å²) in [5, 5.41) is 18.8. The molecule has 2 heterocycles. The molecule has 3 aromatic rings. The number of ether oxygens (including phenoxy) is 4. The van der Waals surface area contributed by atoms with Gasteiger partial charge in [0.1, 0.15) is 24.0 Å². The molecule has 0 saturated carbocycles. The molecule has 2 aliphatic rings. The third-order valence-electron chi connectivity index (χ3n) is 9.93. The van der Waals surface area contributed by atoms with Gasteiger partial charge < -0.3 is 34.0 Å². The van der Waals surface area contributed by atoms with Crippen molar-refractivity contribution in [3.8, 4) is 0 Å². The van der Waals surface area contributed by atoms with E-state index in [9.17, 15) is 19.7 Å². The van der Waals surface area contributed by atoms with Crippen LogP contribution in [0.5, 0.6) is 0 Å². The van der Waals surface area contributed by atoms with E-state index >= 15 is 0 Å². The molecular formula is C41H48N4O9. The number of hydrogen-bond donors (Lipinski definition) is 1. The van der Waals surface area contributed by atoms with E-state index in [1.807, 2.05) is 0 Å². The van der Waals surface area contributed by atoms with Crippen molar-refractivity contribution in [3.05, 3.63) is 135 Å². The summed E-state index contributed by atoms with van der Waals surface area (Å²) >= 11 is 0. The number of dihydropyridines is 1. The number of piperidine rings is 1. The van der Waals surface area contributed by atoms with Crippen LogP contribution < -0.4 is 5.32 Å². The van der Waals surface area contributed by atoms with Gasteiger partial charge in [0, 0.05) is 30.2 Å². The van der Waals surface area contributed by atoms with E-state index in [0.29, 0.717) is 23.6 Å². The predicted octanol–water partition coefficient (Wildman–Crippen LogP) is 8.33. The van der Waals surface area contributed by atoms with Crippen LogP contribution in [0.15, 0.2) is 113 Å². The van der Waals surface area contributed by atoms with Crippen LogP contribution >= 0.6 is 0 Å². The second-order valence-corrected chi connectivity index (χ2v) is 13.2. The average Bonchev–Trinajstić information content (AvgIpc) is 3.20. The maximum Gasteiger partial charge on any atom is 0.513 e. The number of benzene rings is 3. The third kappa shape index (κ3) is 10.0. The summed E-state index contributed by atoms with van der Waals surface area (Å²) in [4.78, 5) is 43.7. The van der Waals surface area contributed by atoms with E-state index in [0.717, 1.165) is 72.4 Å². The monoisotopic (exact) mass is 740 g/mol. The van der Waals surface area contributed by atoms with Gasteiger partial charge in [0.15, 0.2) is 0 Å². The Hall–Kier alpha value is -5.69. The van der Waals surface area contributed by atoms with Gasteiger partial charge in [-0.3, -0.25) is 10.1 Å². The number of nitro groups is 1. The van der Waals surface area contributed by atoms with Crippen LogP contribution in [0.3, 0.4) is 0 Å². The van der Waals surface area contributed by atoms with Crippen LogP contribution in [-0.2, 0) is 29.2 Å². The Morgan fingerprint density at radius 1 is 0.870 bits per heavy atom. The smallest absolute Gasteiger partial charge is 0.437 e. The van der Waals surface area contributed by atoms with Crippen molar-refractivity contribution in [2.24, 2.45) is 5.16 Å². The summed E-state index contributed by atoms with van der Waals surface area (Å²) in [5.74, 6) is -0.988. The molecule has 0 aliphatic carbocycles. The Bertz CT molecular complexity index is 1780. The Morgan fingerprint density at radius 2 is 1.48 bits per heavy atom. The number of hydrogen-bond acceptors (Lipinski definition) is 12. The molecule has 5 rings (SSSR count). The van der Waals surface area contributed by atoms with Crippen LogP contribution in [0.25, 0.3) is 0 Å². The van der Waals surface area contributed by atoms with Gasteiger partial charge in [0.25, 0.3) is 5.69 Å². The molecule has 13 nitrogen and oxygen atoms in total. The third-order valence-corrected chi connectivity index (χ3v) is 9.93. The number of nitrogens with one attached hydrogen (secondary N) is 1. The second-order valence-electron chi connectivity index (χ2n) is 13.2. The van der Waals surface area contributed by atoms with Gasteiger partial charge in [0.05, 0.1) is 30.5 Å². The molecule has 286 valence electrons. The van der Waals surface area contributed by atoms with Gasteiger partial charge in [-0.05, 0) is 75.4 Å². The molecule has 1 saturated heterocycles. The fraction of sp³-hybridized carbons (Fsp3) is 0.390. The van der Waals surface area contributed by atoms with Crippen molar-refractivity contribution in [1.82, 2.24) is 10.2 Å². The van der Waals surface area contributed by atoms with Gasteiger partial charge in [-0.1, -0.05) is 84.4 Å². The highest BCUT2D eigenvalue weighted by molar-refractivity contribution is 5.67. The minimum Gasteiger partial charge on any atom is -0.437 e. The van der Waals surface area contributed by atoms with Crippen LogP contribution in [0.1, 0.15) is 74.5 Å². The number of allylic oxidation sites excluding steroid dienone is 2. The number of rotatable bonds is 16. The maximum absolute atomic E-state index is 12.4. The quantitative estimate of drug-likeness (QED) is 0.0496. The van der Waals surface area contributed by atoms with E-state index in [1.54, 1.807) is 13.0 Å². The fourth-order valence-electron chi connectivity index (χ4n) is 7.16. The minimum atomic E-state index is -1.03. The molecule has 1 fully saturated rings. The lowest BCUT2D eigenvalue weighted by Gasteiger charge is -2.43. The van der Waals surface area contributed by atoms with Gasteiger partial charge in [-0.15, -0.1) is 0 Å². The Labute approximate surface area is 315 Å². The van der Waals surface area contributed by atoms with Gasteiger partial charge in [-0.2, -0.15) is 0 Å². The van der Waals surface area contributed by atoms with Crippen LogP contribution in [0.2, 0.25) is 0 Å². The standard InChI is InChI=1S/C41H48N4O9/c1-30-37(53-39(46)50-2)36(31-15-14-20-34(29-31)45(48)49)38(54-40(47)51-3)35(43-30)21-24-42-52-28-13-5-4-12-25-44-26-22-41(23-27-44,32-16-8-6-9-17-32)33-18-10-7-11-19-33/h6-11,14-20,24,29,36,43H,4-5,12-13,21-23,25-28H2,1-3H3. The van der Waals surface area contributed by atoms with E-state index in [2.05, 4.69) is 80.8 Å². The number of unbranched alkanes of at least 4 members (excludes halogenated alkanes) is 3. The number of non-ortho nitro benzene ring substituents is 1. The molecule has 2 aliphatic heterocycles. The molecule has 0 amide bonds. The Kier molecular flexibility index (Phi) is 14.2. The van der Waals surface area contributed by atoms with Gasteiger partial charge in [-0.25, -0.2) is 9.59 Å². The minimum absolute atomic E-state index is 0.0119. The van der Waals surface area contributed by atoms with E-state index in [-0.39, 0.29) is 29.0 Å². The fourth-order valence-corrected chi connectivity index (χ4v) is 7.16. The van der Waals surface area contributed by atoms with Crippen molar-refractivity contribution in [2.45, 2.75) is 63.2 Å². The van der Waals surface area contributed by atoms with Crippen molar-refractivity contribution in [3.63, 3.8) is 0 Å². The van der Waals surface area contributed by atoms with E-state index in [1.165, 1.54) is 35.5 Å². The molecule has 1 atom stereocenters. The highest BCUT2D eigenvalue weighted by atomic mass is 16.7.